The summed E-state index contributed by atoms with van der Waals surface area (Å²) in [7, 11) is 0. The van der Waals surface area contributed by atoms with Gasteiger partial charge in [-0.15, -0.1) is 11.3 Å². The van der Waals surface area contributed by atoms with Crippen LogP contribution in [0.4, 0.5) is 9.52 Å². The topological polar surface area (TPSA) is 62.3 Å². The Balaban J connectivity index is 1.32. The highest BCUT2D eigenvalue weighted by Crippen LogP contribution is 2.31. The van der Waals surface area contributed by atoms with Gasteiger partial charge >= 0.3 is 0 Å². The smallest absolute Gasteiger partial charge is 0.258 e. The number of rotatable bonds is 6. The van der Waals surface area contributed by atoms with Gasteiger partial charge in [0.05, 0.1) is 0 Å². The molecule has 1 N–H and O–H groups in total. The van der Waals surface area contributed by atoms with E-state index in [0.29, 0.717) is 28.4 Å². The predicted molar refractivity (Wildman–Crippen MR) is 116 cm³/mol. The molecule has 1 aliphatic rings. The lowest BCUT2D eigenvalue weighted by Crippen LogP contribution is -2.27. The molecule has 0 unspecified atom stereocenters. The Hall–Kier alpha value is -3.32. The zero-order valence-corrected chi connectivity index (χ0v) is 17.3. The Kier molecular flexibility index (Phi) is 5.46. The van der Waals surface area contributed by atoms with E-state index in [4.69, 9.17) is 0 Å². The summed E-state index contributed by atoms with van der Waals surface area (Å²) in [5.41, 5.74) is 3.49. The maximum Gasteiger partial charge on any atom is 0.258 e. The SMILES string of the molecule is C=C1c2ccccc2C(=O)N1CCC(=O)Nc1ncc(Cc2ccc(C)c(F)c2)s1. The number of amides is 2. The average molecular weight is 421 g/mol. The highest BCUT2D eigenvalue weighted by molar-refractivity contribution is 7.15. The van der Waals surface area contributed by atoms with E-state index in [9.17, 15) is 14.0 Å². The Bertz CT molecular complexity index is 1120. The highest BCUT2D eigenvalue weighted by atomic mass is 32.1. The molecule has 0 fully saturated rings. The van der Waals surface area contributed by atoms with E-state index in [-0.39, 0.29) is 30.6 Å². The van der Waals surface area contributed by atoms with Crippen LogP contribution in [0.3, 0.4) is 0 Å². The normalized spacial score (nSPS) is 12.9. The number of nitrogens with zero attached hydrogens (tertiary/aromatic N) is 2. The minimum absolute atomic E-state index is 0.134. The van der Waals surface area contributed by atoms with Gasteiger partial charge in [-0.2, -0.15) is 0 Å². The van der Waals surface area contributed by atoms with Crippen molar-refractivity contribution in [2.75, 3.05) is 11.9 Å². The van der Waals surface area contributed by atoms with E-state index in [2.05, 4.69) is 16.9 Å². The molecule has 0 saturated carbocycles. The Labute approximate surface area is 177 Å². The Morgan fingerprint density at radius 2 is 2.00 bits per heavy atom. The van der Waals surface area contributed by atoms with Crippen LogP contribution < -0.4 is 5.32 Å². The van der Waals surface area contributed by atoms with E-state index < -0.39 is 0 Å². The monoisotopic (exact) mass is 421 g/mol. The highest BCUT2D eigenvalue weighted by Gasteiger charge is 2.30. The molecule has 1 aliphatic heterocycles. The van der Waals surface area contributed by atoms with E-state index >= 15 is 0 Å². The fourth-order valence-electron chi connectivity index (χ4n) is 3.36. The number of carbonyl (C=O) groups is 2. The molecule has 0 aliphatic carbocycles. The number of hydrogen-bond donors (Lipinski definition) is 1. The van der Waals surface area contributed by atoms with Crippen LogP contribution in [0.5, 0.6) is 0 Å². The standard InChI is InChI=1S/C23H20FN3O2S/c1-14-7-8-16(12-20(14)24)11-17-13-25-23(30-17)26-21(28)9-10-27-15(2)18-5-3-4-6-19(18)22(27)29/h3-8,12-13H,2,9-11H2,1H3,(H,25,26,28). The number of thiazole rings is 1. The molecular formula is C23H20FN3O2S. The number of aromatic nitrogens is 1. The van der Waals surface area contributed by atoms with Crippen molar-refractivity contribution in [1.82, 2.24) is 9.88 Å². The fourth-order valence-corrected chi connectivity index (χ4v) is 4.22. The molecule has 0 bridgehead atoms. The molecule has 7 heteroatoms. The average Bonchev–Trinajstić information content (AvgIpc) is 3.26. The van der Waals surface area contributed by atoms with E-state index in [1.165, 1.54) is 22.3 Å². The van der Waals surface area contributed by atoms with Crippen LogP contribution in [-0.4, -0.2) is 28.2 Å². The summed E-state index contributed by atoms with van der Waals surface area (Å²) in [6.45, 7) is 5.95. The van der Waals surface area contributed by atoms with E-state index in [1.807, 2.05) is 24.3 Å². The van der Waals surface area contributed by atoms with Crippen molar-refractivity contribution in [1.29, 1.82) is 0 Å². The van der Waals surface area contributed by atoms with Gasteiger partial charge in [-0.05, 0) is 30.2 Å². The summed E-state index contributed by atoms with van der Waals surface area (Å²) < 4.78 is 13.7. The molecular weight excluding hydrogens is 401 g/mol. The third kappa shape index (κ3) is 4.02. The first kappa shape index (κ1) is 20.0. The largest absolute Gasteiger partial charge is 0.308 e. The van der Waals surface area contributed by atoms with Crippen LogP contribution in [0.1, 0.15) is 38.3 Å². The number of hydrogen-bond acceptors (Lipinski definition) is 4. The summed E-state index contributed by atoms with van der Waals surface area (Å²) in [6, 6.07) is 12.4. The van der Waals surface area contributed by atoms with Gasteiger partial charge in [0.25, 0.3) is 5.91 Å². The number of carbonyl (C=O) groups excluding carboxylic acids is 2. The van der Waals surface area contributed by atoms with Gasteiger partial charge in [0.15, 0.2) is 5.13 Å². The van der Waals surface area contributed by atoms with Gasteiger partial charge in [0.1, 0.15) is 5.82 Å². The molecule has 0 radical (unpaired) electrons. The first-order chi connectivity index (χ1) is 14.4. The molecule has 0 atom stereocenters. The molecule has 152 valence electrons. The maximum atomic E-state index is 13.7. The number of nitrogens with one attached hydrogen (secondary N) is 1. The molecule has 0 spiro atoms. The van der Waals surface area contributed by atoms with Crippen molar-refractivity contribution in [3.8, 4) is 0 Å². The second-order valence-corrected chi connectivity index (χ2v) is 8.25. The van der Waals surface area contributed by atoms with Crippen LogP contribution in [0.25, 0.3) is 5.70 Å². The fraction of sp³-hybridized carbons (Fsp3) is 0.174. The van der Waals surface area contributed by atoms with Crippen LogP contribution in [0.2, 0.25) is 0 Å². The lowest BCUT2D eigenvalue weighted by Gasteiger charge is -2.16. The molecule has 1 aromatic heterocycles. The van der Waals surface area contributed by atoms with Crippen LogP contribution in [-0.2, 0) is 11.2 Å². The van der Waals surface area contributed by atoms with Crippen LogP contribution in [0.15, 0.2) is 55.2 Å². The second kappa shape index (κ2) is 8.20. The van der Waals surface area contributed by atoms with Gasteiger partial charge in [0, 0.05) is 47.3 Å². The van der Waals surface area contributed by atoms with Crippen molar-refractivity contribution >= 4 is 34.0 Å². The van der Waals surface area contributed by atoms with Crippen LogP contribution >= 0.6 is 11.3 Å². The van der Waals surface area contributed by atoms with Crippen molar-refractivity contribution in [2.24, 2.45) is 0 Å². The van der Waals surface area contributed by atoms with Crippen molar-refractivity contribution in [3.63, 3.8) is 0 Å². The minimum atomic E-state index is -0.231. The lowest BCUT2D eigenvalue weighted by molar-refractivity contribution is -0.116. The molecule has 2 heterocycles. The summed E-state index contributed by atoms with van der Waals surface area (Å²) in [5.74, 6) is -0.593. The first-order valence-corrected chi connectivity index (χ1v) is 10.3. The summed E-state index contributed by atoms with van der Waals surface area (Å²) >= 11 is 1.35. The molecule has 4 rings (SSSR count). The van der Waals surface area contributed by atoms with Crippen LogP contribution in [0, 0.1) is 12.7 Å². The number of aryl methyl sites for hydroxylation is 1. The number of fused-ring (bicyclic) bond motifs is 1. The van der Waals surface area contributed by atoms with Gasteiger partial charge < -0.3 is 10.2 Å². The van der Waals surface area contributed by atoms with Gasteiger partial charge in [-0.3, -0.25) is 9.59 Å². The molecule has 5 nitrogen and oxygen atoms in total. The second-order valence-electron chi connectivity index (χ2n) is 7.14. The molecule has 3 aromatic rings. The Morgan fingerprint density at radius 3 is 2.73 bits per heavy atom. The van der Waals surface area contributed by atoms with Gasteiger partial charge in [-0.1, -0.05) is 36.9 Å². The molecule has 30 heavy (non-hydrogen) atoms. The van der Waals surface area contributed by atoms with Gasteiger partial charge in [-0.25, -0.2) is 9.37 Å². The van der Waals surface area contributed by atoms with Crippen molar-refractivity contribution < 1.29 is 14.0 Å². The summed E-state index contributed by atoms with van der Waals surface area (Å²) in [4.78, 5) is 31.5. The van der Waals surface area contributed by atoms with E-state index in [0.717, 1.165) is 16.0 Å². The summed E-state index contributed by atoms with van der Waals surface area (Å²) in [6.07, 6.45) is 2.36. The maximum absolute atomic E-state index is 13.7. The van der Waals surface area contributed by atoms with Crippen molar-refractivity contribution in [3.05, 3.63) is 88.2 Å². The number of benzene rings is 2. The molecule has 0 saturated heterocycles. The zero-order valence-electron chi connectivity index (χ0n) is 16.4. The Morgan fingerprint density at radius 1 is 1.23 bits per heavy atom. The first-order valence-electron chi connectivity index (χ1n) is 9.52. The zero-order chi connectivity index (χ0) is 21.3. The number of anilines is 1. The lowest BCUT2D eigenvalue weighted by atomic mass is 10.1. The molecule has 2 amide bonds. The minimum Gasteiger partial charge on any atom is -0.308 e. The van der Waals surface area contributed by atoms with Crippen molar-refractivity contribution in [2.45, 2.75) is 19.8 Å². The summed E-state index contributed by atoms with van der Waals surface area (Å²) in [5, 5.41) is 3.25. The predicted octanol–water partition coefficient (Wildman–Crippen LogP) is 4.64. The van der Waals surface area contributed by atoms with Gasteiger partial charge in [0.2, 0.25) is 5.91 Å². The third-order valence-electron chi connectivity index (χ3n) is 5.02. The third-order valence-corrected chi connectivity index (χ3v) is 5.93. The molecule has 2 aromatic carbocycles. The quantitative estimate of drug-likeness (QED) is 0.631. The number of halogens is 1. The van der Waals surface area contributed by atoms with E-state index in [1.54, 1.807) is 25.3 Å².